The van der Waals surface area contributed by atoms with Gasteiger partial charge < -0.3 is 4.42 Å². The van der Waals surface area contributed by atoms with E-state index in [0.717, 1.165) is 24.6 Å². The van der Waals surface area contributed by atoms with Gasteiger partial charge in [-0.3, -0.25) is 0 Å². The Labute approximate surface area is 98.8 Å². The molecule has 2 aromatic rings. The molecule has 0 N–H and O–H groups in total. The van der Waals surface area contributed by atoms with E-state index in [1.54, 1.807) is 12.1 Å². The number of halogens is 1. The van der Waals surface area contributed by atoms with Crippen LogP contribution in [0, 0.1) is 0 Å². The number of benzene rings is 1. The molecule has 0 aliphatic rings. The molecule has 2 rings (SSSR count). The summed E-state index contributed by atoms with van der Waals surface area (Å²) in [4.78, 5) is 11.7. The highest BCUT2D eigenvalue weighted by Gasteiger charge is 2.10. The van der Waals surface area contributed by atoms with Crippen LogP contribution in [0.4, 0.5) is 0 Å². The van der Waals surface area contributed by atoms with Gasteiger partial charge in [0.1, 0.15) is 5.76 Å². The summed E-state index contributed by atoms with van der Waals surface area (Å²) >= 11 is 6.22. The molecule has 0 saturated carbocycles. The van der Waals surface area contributed by atoms with E-state index in [0.29, 0.717) is 16.2 Å². The first-order valence-corrected chi connectivity index (χ1v) is 5.82. The summed E-state index contributed by atoms with van der Waals surface area (Å²) in [5, 5.41) is 1.91. The Morgan fingerprint density at radius 2 is 1.94 bits per heavy atom. The van der Waals surface area contributed by atoms with Crippen LogP contribution in [0.3, 0.4) is 0 Å². The van der Waals surface area contributed by atoms with Gasteiger partial charge in [0.15, 0.2) is 0 Å². The molecule has 0 amide bonds. The summed E-state index contributed by atoms with van der Waals surface area (Å²) in [6.45, 7) is 2.09. The molecule has 0 atom stereocenters. The van der Waals surface area contributed by atoms with Crippen LogP contribution in [0.1, 0.15) is 25.5 Å². The van der Waals surface area contributed by atoms with Crippen molar-refractivity contribution in [3.8, 4) is 0 Å². The fourth-order valence-electron chi connectivity index (χ4n) is 1.71. The highest BCUT2D eigenvalue weighted by atomic mass is 35.5. The second-order valence-electron chi connectivity index (χ2n) is 3.78. The summed E-state index contributed by atoms with van der Waals surface area (Å²) < 4.78 is 5.24. The monoisotopic (exact) mass is 236 g/mol. The lowest BCUT2D eigenvalue weighted by Crippen LogP contribution is -2.03. The molecule has 0 spiro atoms. The number of aryl methyl sites for hydroxylation is 1. The number of hydrogen-bond donors (Lipinski definition) is 0. The van der Waals surface area contributed by atoms with Crippen LogP contribution in [-0.4, -0.2) is 0 Å². The van der Waals surface area contributed by atoms with Gasteiger partial charge in [0.25, 0.3) is 0 Å². The van der Waals surface area contributed by atoms with Crippen LogP contribution in [-0.2, 0) is 6.42 Å². The zero-order valence-corrected chi connectivity index (χ0v) is 9.88. The van der Waals surface area contributed by atoms with Crippen molar-refractivity contribution < 1.29 is 4.42 Å². The second kappa shape index (κ2) is 4.71. The maximum atomic E-state index is 11.7. The van der Waals surface area contributed by atoms with E-state index in [2.05, 4.69) is 6.92 Å². The lowest BCUT2D eigenvalue weighted by Gasteiger charge is -2.04. The number of rotatable bonds is 3. The zero-order valence-electron chi connectivity index (χ0n) is 9.13. The van der Waals surface area contributed by atoms with Crippen molar-refractivity contribution in [2.24, 2.45) is 0 Å². The summed E-state index contributed by atoms with van der Waals surface area (Å²) in [5.74, 6) is 0.604. The Morgan fingerprint density at radius 1 is 1.25 bits per heavy atom. The summed E-state index contributed by atoms with van der Waals surface area (Å²) in [5.41, 5.74) is -0.300. The third kappa shape index (κ3) is 1.98. The van der Waals surface area contributed by atoms with Crippen LogP contribution in [0.2, 0.25) is 5.02 Å². The third-order valence-electron chi connectivity index (χ3n) is 2.60. The molecule has 1 aromatic carbocycles. The van der Waals surface area contributed by atoms with E-state index in [1.165, 1.54) is 0 Å². The molecule has 0 unspecified atom stereocenters. The maximum Gasteiger partial charge on any atom is 0.343 e. The minimum absolute atomic E-state index is 0.300. The fourth-order valence-corrected chi connectivity index (χ4v) is 2.01. The molecule has 0 radical (unpaired) electrons. The smallest absolute Gasteiger partial charge is 0.343 e. The average Bonchev–Trinajstić information content (AvgIpc) is 2.32. The van der Waals surface area contributed by atoms with E-state index in [1.807, 2.05) is 12.1 Å². The quantitative estimate of drug-likeness (QED) is 0.812. The van der Waals surface area contributed by atoms with Gasteiger partial charge in [-0.25, -0.2) is 4.79 Å². The molecule has 1 aromatic heterocycles. The summed E-state index contributed by atoms with van der Waals surface area (Å²) in [6, 6.07) is 7.26. The normalized spacial score (nSPS) is 10.9. The molecule has 0 aliphatic heterocycles. The Morgan fingerprint density at radius 3 is 2.62 bits per heavy atom. The van der Waals surface area contributed by atoms with E-state index >= 15 is 0 Å². The van der Waals surface area contributed by atoms with Gasteiger partial charge in [-0.2, -0.15) is 0 Å². The number of hydrogen-bond acceptors (Lipinski definition) is 2. The van der Waals surface area contributed by atoms with Crippen LogP contribution in [0.15, 0.2) is 33.5 Å². The summed E-state index contributed by atoms with van der Waals surface area (Å²) in [6.07, 6.45) is 2.74. The van der Waals surface area contributed by atoms with Crippen molar-refractivity contribution in [1.82, 2.24) is 0 Å². The van der Waals surface area contributed by atoms with Gasteiger partial charge >= 0.3 is 5.63 Å². The second-order valence-corrected chi connectivity index (χ2v) is 4.15. The molecule has 0 aliphatic carbocycles. The van der Waals surface area contributed by atoms with Crippen molar-refractivity contribution >= 4 is 22.4 Å². The molecule has 0 fully saturated rings. The Balaban J connectivity index is 2.61. The summed E-state index contributed by atoms with van der Waals surface area (Å²) in [7, 11) is 0. The molecule has 84 valence electrons. The predicted molar refractivity (Wildman–Crippen MR) is 66.1 cm³/mol. The van der Waals surface area contributed by atoms with E-state index in [4.69, 9.17) is 16.0 Å². The number of unbranched alkanes of at least 4 members (excludes halogenated alkanes) is 1. The van der Waals surface area contributed by atoms with E-state index in [9.17, 15) is 4.79 Å². The SMILES string of the molecule is CCCCc1oc(=O)c2ccccc2c1Cl. The lowest BCUT2D eigenvalue weighted by molar-refractivity contribution is 0.460. The van der Waals surface area contributed by atoms with Crippen LogP contribution < -0.4 is 5.63 Å². The molecule has 0 saturated heterocycles. The van der Waals surface area contributed by atoms with Gasteiger partial charge in [0, 0.05) is 11.8 Å². The maximum absolute atomic E-state index is 11.7. The third-order valence-corrected chi connectivity index (χ3v) is 3.02. The van der Waals surface area contributed by atoms with Gasteiger partial charge in [-0.15, -0.1) is 0 Å². The van der Waals surface area contributed by atoms with Crippen LogP contribution in [0.5, 0.6) is 0 Å². The highest BCUT2D eigenvalue weighted by Crippen LogP contribution is 2.25. The first-order chi connectivity index (χ1) is 7.74. The number of fused-ring (bicyclic) bond motifs is 1. The zero-order chi connectivity index (χ0) is 11.5. The van der Waals surface area contributed by atoms with E-state index in [-0.39, 0.29) is 5.63 Å². The van der Waals surface area contributed by atoms with Crippen molar-refractivity contribution in [2.45, 2.75) is 26.2 Å². The first kappa shape index (κ1) is 11.2. The minimum atomic E-state index is -0.300. The van der Waals surface area contributed by atoms with Crippen molar-refractivity contribution in [3.63, 3.8) is 0 Å². The largest absolute Gasteiger partial charge is 0.426 e. The molecule has 3 heteroatoms. The Bertz CT molecular complexity index is 557. The average molecular weight is 237 g/mol. The minimum Gasteiger partial charge on any atom is -0.426 e. The van der Waals surface area contributed by atoms with Crippen molar-refractivity contribution in [1.29, 1.82) is 0 Å². The Hall–Kier alpha value is -1.28. The standard InChI is InChI=1S/C13H13ClO2/c1-2-3-8-11-12(14)9-6-4-5-7-10(9)13(15)16-11/h4-7H,2-3,8H2,1H3. The topological polar surface area (TPSA) is 30.2 Å². The fraction of sp³-hybridized carbons (Fsp3) is 0.308. The molecule has 1 heterocycles. The van der Waals surface area contributed by atoms with E-state index < -0.39 is 0 Å². The van der Waals surface area contributed by atoms with Gasteiger partial charge in [0.05, 0.1) is 10.4 Å². The van der Waals surface area contributed by atoms with Crippen LogP contribution in [0.25, 0.3) is 10.8 Å². The molecular formula is C13H13ClO2. The van der Waals surface area contributed by atoms with Gasteiger partial charge in [-0.1, -0.05) is 43.1 Å². The molecular weight excluding hydrogens is 224 g/mol. The molecule has 2 nitrogen and oxygen atoms in total. The first-order valence-electron chi connectivity index (χ1n) is 5.44. The lowest BCUT2D eigenvalue weighted by atomic mass is 10.1. The van der Waals surface area contributed by atoms with Gasteiger partial charge in [-0.05, 0) is 12.5 Å². The van der Waals surface area contributed by atoms with Gasteiger partial charge in [0.2, 0.25) is 0 Å². The predicted octanol–water partition coefficient (Wildman–Crippen LogP) is 3.79. The molecule has 0 bridgehead atoms. The van der Waals surface area contributed by atoms with Crippen LogP contribution >= 0.6 is 11.6 Å². The Kier molecular flexibility index (Phi) is 3.30. The molecule has 16 heavy (non-hydrogen) atoms. The highest BCUT2D eigenvalue weighted by molar-refractivity contribution is 6.35. The van der Waals surface area contributed by atoms with Crippen molar-refractivity contribution in [2.75, 3.05) is 0 Å². The van der Waals surface area contributed by atoms with Crippen molar-refractivity contribution in [3.05, 3.63) is 45.5 Å².